The first-order chi connectivity index (χ1) is 9.45. The number of halogens is 1. The monoisotopic (exact) mass is 353 g/mol. The Morgan fingerprint density at radius 3 is 2.65 bits per heavy atom. The molecule has 1 aromatic heterocycles. The molecule has 1 amide bonds. The van der Waals surface area contributed by atoms with Crippen molar-refractivity contribution in [2.45, 2.75) is 13.1 Å². The van der Waals surface area contributed by atoms with Crippen LogP contribution in [0.1, 0.15) is 20.8 Å². The first-order valence-corrected chi connectivity index (χ1v) is 7.72. The quantitative estimate of drug-likeness (QED) is 0.811. The second-order valence-electron chi connectivity index (χ2n) is 4.68. The van der Waals surface area contributed by atoms with Crippen molar-refractivity contribution in [2.75, 3.05) is 12.8 Å². The van der Waals surface area contributed by atoms with E-state index in [9.17, 15) is 4.79 Å². The summed E-state index contributed by atoms with van der Waals surface area (Å²) in [5, 5.41) is 2.07. The van der Waals surface area contributed by atoms with Crippen LogP contribution >= 0.6 is 27.3 Å². The number of anilines is 1. The van der Waals surface area contributed by atoms with Crippen molar-refractivity contribution < 1.29 is 4.79 Å². The second kappa shape index (κ2) is 6.39. The average Bonchev–Trinajstić information content (AvgIpc) is 2.77. The lowest BCUT2D eigenvalue weighted by Gasteiger charge is -2.17. The summed E-state index contributed by atoms with van der Waals surface area (Å²) >= 11 is 5.17. The van der Waals surface area contributed by atoms with Gasteiger partial charge in [-0.2, -0.15) is 0 Å². The van der Waals surface area contributed by atoms with Gasteiger partial charge < -0.3 is 11.5 Å². The lowest BCUT2D eigenvalue weighted by molar-refractivity contribution is 0.100. The highest BCUT2D eigenvalue weighted by Crippen LogP contribution is 2.22. The minimum atomic E-state index is -0.458. The van der Waals surface area contributed by atoms with E-state index in [4.69, 9.17) is 11.5 Å². The van der Waals surface area contributed by atoms with Gasteiger partial charge in [0.15, 0.2) is 0 Å². The van der Waals surface area contributed by atoms with E-state index in [1.165, 1.54) is 4.88 Å². The minimum absolute atomic E-state index is 0.441. The van der Waals surface area contributed by atoms with Crippen LogP contribution in [0.2, 0.25) is 0 Å². The lowest BCUT2D eigenvalue weighted by atomic mass is 10.1. The highest BCUT2D eigenvalue weighted by Gasteiger charge is 2.08. The maximum atomic E-state index is 11.1. The number of nitrogens with zero attached hydrogens (tertiary/aromatic N) is 1. The summed E-state index contributed by atoms with van der Waals surface area (Å²) in [4.78, 5) is 14.5. The van der Waals surface area contributed by atoms with Crippen molar-refractivity contribution in [1.29, 1.82) is 0 Å². The number of nitrogens with two attached hydrogens (primary N) is 2. The summed E-state index contributed by atoms with van der Waals surface area (Å²) in [6, 6.07) is 7.31. The predicted molar refractivity (Wildman–Crippen MR) is 86.6 cm³/mol. The Morgan fingerprint density at radius 1 is 1.35 bits per heavy atom. The van der Waals surface area contributed by atoms with E-state index in [0.717, 1.165) is 23.1 Å². The third kappa shape index (κ3) is 3.82. The summed E-state index contributed by atoms with van der Waals surface area (Å²) in [6.45, 7) is 1.58. The smallest absolute Gasteiger partial charge is 0.248 e. The fourth-order valence-electron chi connectivity index (χ4n) is 1.94. The van der Waals surface area contributed by atoms with Crippen LogP contribution in [0.15, 0.2) is 34.1 Å². The molecule has 1 aromatic carbocycles. The molecule has 0 fully saturated rings. The van der Waals surface area contributed by atoms with E-state index in [2.05, 4.69) is 32.3 Å². The van der Waals surface area contributed by atoms with Gasteiger partial charge in [-0.15, -0.1) is 11.3 Å². The number of nitrogen functional groups attached to an aromatic ring is 1. The normalized spacial score (nSPS) is 10.9. The van der Waals surface area contributed by atoms with Crippen LogP contribution in [0.4, 0.5) is 5.69 Å². The van der Waals surface area contributed by atoms with Gasteiger partial charge in [-0.3, -0.25) is 9.69 Å². The van der Waals surface area contributed by atoms with Crippen molar-refractivity contribution in [1.82, 2.24) is 4.90 Å². The largest absolute Gasteiger partial charge is 0.398 e. The van der Waals surface area contributed by atoms with E-state index in [1.807, 2.05) is 13.1 Å². The molecule has 6 heteroatoms. The number of thiophene rings is 1. The average molecular weight is 354 g/mol. The predicted octanol–water partition coefficient (Wildman–Crippen LogP) is 2.82. The molecule has 2 rings (SSSR count). The minimum Gasteiger partial charge on any atom is -0.398 e. The summed E-state index contributed by atoms with van der Waals surface area (Å²) in [7, 11) is 2.04. The van der Waals surface area contributed by atoms with E-state index in [-0.39, 0.29) is 0 Å². The summed E-state index contributed by atoms with van der Waals surface area (Å²) < 4.78 is 1.11. The number of hydrogen-bond acceptors (Lipinski definition) is 4. The molecular formula is C14H16BrN3OS. The van der Waals surface area contributed by atoms with Crippen molar-refractivity contribution in [3.8, 4) is 0 Å². The first-order valence-electron chi connectivity index (χ1n) is 6.05. The van der Waals surface area contributed by atoms with E-state index in [1.54, 1.807) is 23.5 Å². The van der Waals surface area contributed by atoms with E-state index < -0.39 is 5.91 Å². The number of hydrogen-bond donors (Lipinski definition) is 2. The molecule has 4 nitrogen and oxygen atoms in total. The molecule has 106 valence electrons. The van der Waals surface area contributed by atoms with Crippen LogP contribution in [0.25, 0.3) is 0 Å². The Kier molecular flexibility index (Phi) is 4.80. The molecule has 0 atom stereocenters. The Hall–Kier alpha value is -1.37. The van der Waals surface area contributed by atoms with Gasteiger partial charge in [0, 0.05) is 39.1 Å². The van der Waals surface area contributed by atoms with Gasteiger partial charge in [-0.05, 0) is 46.7 Å². The summed E-state index contributed by atoms with van der Waals surface area (Å²) in [5.74, 6) is -0.458. The molecule has 0 aliphatic heterocycles. The van der Waals surface area contributed by atoms with Crippen LogP contribution in [0, 0.1) is 0 Å². The zero-order valence-corrected chi connectivity index (χ0v) is 13.5. The first kappa shape index (κ1) is 15.0. The molecule has 0 saturated carbocycles. The number of primary amides is 1. The number of benzene rings is 1. The molecule has 0 spiro atoms. The molecule has 1 heterocycles. The van der Waals surface area contributed by atoms with Crippen LogP contribution in [0.3, 0.4) is 0 Å². The van der Waals surface area contributed by atoms with Gasteiger partial charge in [-0.25, -0.2) is 0 Å². The molecule has 0 aliphatic carbocycles. The number of carbonyl (C=O) groups is 1. The van der Waals surface area contributed by atoms with Crippen LogP contribution in [-0.4, -0.2) is 17.9 Å². The van der Waals surface area contributed by atoms with E-state index >= 15 is 0 Å². The Bertz CT molecular complexity index is 627. The van der Waals surface area contributed by atoms with Crippen molar-refractivity contribution in [3.05, 3.63) is 50.1 Å². The SMILES string of the molecule is CN(Cc1cc(Br)cs1)Cc1ccc(C(N)=O)cc1N. The number of amides is 1. The van der Waals surface area contributed by atoms with Crippen LogP contribution < -0.4 is 11.5 Å². The topological polar surface area (TPSA) is 72.3 Å². The molecule has 0 unspecified atom stereocenters. The summed E-state index contributed by atoms with van der Waals surface area (Å²) in [6.07, 6.45) is 0. The number of rotatable bonds is 5. The molecule has 0 radical (unpaired) electrons. The zero-order valence-electron chi connectivity index (χ0n) is 11.1. The fourth-order valence-corrected chi connectivity index (χ4v) is 3.47. The third-order valence-corrected chi connectivity index (χ3v) is 4.60. The maximum Gasteiger partial charge on any atom is 0.248 e. The van der Waals surface area contributed by atoms with Crippen molar-refractivity contribution >= 4 is 38.9 Å². The Balaban J connectivity index is 2.04. The van der Waals surface area contributed by atoms with Crippen LogP contribution in [0.5, 0.6) is 0 Å². The molecule has 0 bridgehead atoms. The highest BCUT2D eigenvalue weighted by molar-refractivity contribution is 9.10. The zero-order chi connectivity index (χ0) is 14.7. The standard InChI is InChI=1S/C14H16BrN3OS/c1-18(7-12-5-11(15)8-20-12)6-10-3-2-9(14(17)19)4-13(10)16/h2-5,8H,6-7,16H2,1H3,(H2,17,19). The molecule has 2 aromatic rings. The third-order valence-electron chi connectivity index (χ3n) is 2.92. The molecule has 4 N–H and O–H groups in total. The Labute approximate surface area is 130 Å². The fraction of sp³-hybridized carbons (Fsp3) is 0.214. The lowest BCUT2D eigenvalue weighted by Crippen LogP contribution is -2.18. The number of carbonyl (C=O) groups excluding carboxylic acids is 1. The van der Waals surface area contributed by atoms with Gasteiger partial charge in [-0.1, -0.05) is 6.07 Å². The second-order valence-corrected chi connectivity index (χ2v) is 6.59. The molecule has 0 aliphatic rings. The maximum absolute atomic E-state index is 11.1. The van der Waals surface area contributed by atoms with Crippen molar-refractivity contribution in [2.24, 2.45) is 5.73 Å². The van der Waals surface area contributed by atoms with Gasteiger partial charge >= 0.3 is 0 Å². The van der Waals surface area contributed by atoms with Gasteiger partial charge in [0.1, 0.15) is 0 Å². The van der Waals surface area contributed by atoms with Gasteiger partial charge in [0.2, 0.25) is 5.91 Å². The van der Waals surface area contributed by atoms with Gasteiger partial charge in [0.25, 0.3) is 0 Å². The van der Waals surface area contributed by atoms with Crippen LogP contribution in [-0.2, 0) is 13.1 Å². The molecule has 0 saturated heterocycles. The van der Waals surface area contributed by atoms with E-state index in [0.29, 0.717) is 11.3 Å². The Morgan fingerprint density at radius 2 is 2.10 bits per heavy atom. The van der Waals surface area contributed by atoms with Crippen molar-refractivity contribution in [3.63, 3.8) is 0 Å². The van der Waals surface area contributed by atoms with Gasteiger partial charge in [0.05, 0.1) is 0 Å². The summed E-state index contributed by atoms with van der Waals surface area (Å²) in [5.41, 5.74) is 13.2. The molecule has 20 heavy (non-hydrogen) atoms. The highest BCUT2D eigenvalue weighted by atomic mass is 79.9. The molecular weight excluding hydrogens is 338 g/mol.